The number of ketones is 1. The first-order valence-corrected chi connectivity index (χ1v) is 4.80. The maximum atomic E-state index is 11.1. The molecule has 0 radical (unpaired) electrons. The molecule has 1 aliphatic rings. The van der Waals surface area contributed by atoms with Crippen molar-refractivity contribution in [3.8, 4) is 0 Å². The molecule has 1 saturated carbocycles. The van der Waals surface area contributed by atoms with E-state index in [4.69, 9.17) is 0 Å². The van der Waals surface area contributed by atoms with Gasteiger partial charge in [0.25, 0.3) is 0 Å². The Labute approximate surface area is 77.5 Å². The molecule has 0 N–H and O–H groups in total. The molecule has 0 bridgehead atoms. The summed E-state index contributed by atoms with van der Waals surface area (Å²) >= 11 is 0. The molecule has 1 aliphatic carbocycles. The summed E-state index contributed by atoms with van der Waals surface area (Å²) < 4.78 is 0. The standard InChI is InChI=1S/C9H15NO3/c1-2-9(10(12)13)7-4-3-5-8(11)6-7/h7,9H,2-6H2,1H3/t7-,9+/m0/s1. The zero-order valence-corrected chi connectivity index (χ0v) is 7.86. The van der Waals surface area contributed by atoms with Crippen LogP contribution in [0.5, 0.6) is 0 Å². The van der Waals surface area contributed by atoms with Crippen LogP contribution in [0.15, 0.2) is 0 Å². The van der Waals surface area contributed by atoms with Gasteiger partial charge in [0.1, 0.15) is 5.78 Å². The van der Waals surface area contributed by atoms with Gasteiger partial charge >= 0.3 is 0 Å². The molecule has 4 heteroatoms. The van der Waals surface area contributed by atoms with Gasteiger partial charge in [0.2, 0.25) is 6.04 Å². The summed E-state index contributed by atoms with van der Waals surface area (Å²) in [5.41, 5.74) is 0. The van der Waals surface area contributed by atoms with Gasteiger partial charge in [-0.3, -0.25) is 14.9 Å². The first kappa shape index (κ1) is 10.2. The van der Waals surface area contributed by atoms with Gasteiger partial charge in [0.05, 0.1) is 0 Å². The summed E-state index contributed by atoms with van der Waals surface area (Å²) in [5.74, 6) is 0.179. The van der Waals surface area contributed by atoms with Crippen LogP contribution in [0.3, 0.4) is 0 Å². The van der Waals surface area contributed by atoms with E-state index in [1.165, 1.54) is 0 Å². The highest BCUT2D eigenvalue weighted by molar-refractivity contribution is 5.79. The van der Waals surface area contributed by atoms with Crippen LogP contribution < -0.4 is 0 Å². The van der Waals surface area contributed by atoms with E-state index in [1.54, 1.807) is 0 Å². The third-order valence-corrected chi connectivity index (χ3v) is 2.75. The van der Waals surface area contributed by atoms with Gasteiger partial charge in [-0.15, -0.1) is 0 Å². The second-order valence-electron chi connectivity index (χ2n) is 3.66. The normalized spacial score (nSPS) is 25.6. The molecule has 0 aromatic rings. The molecule has 1 rings (SSSR count). The van der Waals surface area contributed by atoms with E-state index in [-0.39, 0.29) is 16.6 Å². The molecule has 0 heterocycles. The van der Waals surface area contributed by atoms with Crippen molar-refractivity contribution < 1.29 is 9.72 Å². The van der Waals surface area contributed by atoms with Crippen LogP contribution in [-0.2, 0) is 4.79 Å². The Balaban J connectivity index is 2.57. The van der Waals surface area contributed by atoms with E-state index < -0.39 is 6.04 Å². The topological polar surface area (TPSA) is 60.2 Å². The predicted molar refractivity (Wildman–Crippen MR) is 48.0 cm³/mol. The number of rotatable bonds is 3. The van der Waals surface area contributed by atoms with Crippen LogP contribution in [0, 0.1) is 16.0 Å². The zero-order valence-electron chi connectivity index (χ0n) is 7.86. The van der Waals surface area contributed by atoms with Gasteiger partial charge in [-0.05, 0) is 12.8 Å². The van der Waals surface area contributed by atoms with E-state index in [9.17, 15) is 14.9 Å². The number of nitro groups is 1. The lowest BCUT2D eigenvalue weighted by Gasteiger charge is -2.22. The molecule has 13 heavy (non-hydrogen) atoms. The third-order valence-electron chi connectivity index (χ3n) is 2.75. The fraction of sp³-hybridized carbons (Fsp3) is 0.889. The summed E-state index contributed by atoms with van der Waals surface area (Å²) in [6, 6.07) is -0.510. The van der Waals surface area contributed by atoms with Crippen molar-refractivity contribution in [1.82, 2.24) is 0 Å². The van der Waals surface area contributed by atoms with Crippen molar-refractivity contribution in [2.45, 2.75) is 45.1 Å². The Bertz CT molecular complexity index is 215. The number of Topliss-reactive ketones (excluding diaryl/α,β-unsaturated/α-hetero) is 1. The minimum absolute atomic E-state index is 0.0127. The van der Waals surface area contributed by atoms with Crippen molar-refractivity contribution in [3.05, 3.63) is 10.1 Å². The lowest BCUT2D eigenvalue weighted by Crippen LogP contribution is -2.32. The lowest BCUT2D eigenvalue weighted by molar-refractivity contribution is -0.533. The first-order chi connectivity index (χ1) is 6.15. The average Bonchev–Trinajstić information content (AvgIpc) is 2.04. The van der Waals surface area contributed by atoms with Gasteiger partial charge in [-0.2, -0.15) is 0 Å². The summed E-state index contributed by atoms with van der Waals surface area (Å²) in [6.45, 7) is 1.81. The molecule has 4 nitrogen and oxygen atoms in total. The van der Waals surface area contributed by atoms with Gasteiger partial charge in [0, 0.05) is 30.1 Å². The van der Waals surface area contributed by atoms with Crippen molar-refractivity contribution in [3.63, 3.8) is 0 Å². The maximum absolute atomic E-state index is 11.1. The highest BCUT2D eigenvalue weighted by atomic mass is 16.6. The van der Waals surface area contributed by atoms with Gasteiger partial charge in [-0.25, -0.2) is 0 Å². The highest BCUT2D eigenvalue weighted by Gasteiger charge is 2.33. The van der Waals surface area contributed by atoms with Gasteiger partial charge < -0.3 is 0 Å². The number of hydrogen-bond donors (Lipinski definition) is 0. The quantitative estimate of drug-likeness (QED) is 0.497. The van der Waals surface area contributed by atoms with Crippen molar-refractivity contribution >= 4 is 5.78 Å². The van der Waals surface area contributed by atoms with E-state index in [2.05, 4.69) is 0 Å². The fourth-order valence-corrected chi connectivity index (χ4v) is 2.04. The van der Waals surface area contributed by atoms with Crippen molar-refractivity contribution in [1.29, 1.82) is 0 Å². The SMILES string of the molecule is CC[C@H]([C@H]1CCCC(=O)C1)[N+](=O)[O-]. The number of hydrogen-bond acceptors (Lipinski definition) is 3. The molecule has 1 fully saturated rings. The van der Waals surface area contributed by atoms with E-state index in [1.807, 2.05) is 6.92 Å². The molecule has 0 spiro atoms. The number of nitrogens with zero attached hydrogens (tertiary/aromatic N) is 1. The Kier molecular flexibility index (Phi) is 3.39. The maximum Gasteiger partial charge on any atom is 0.216 e. The molecular formula is C9H15NO3. The highest BCUT2D eigenvalue weighted by Crippen LogP contribution is 2.27. The molecule has 0 aromatic heterocycles. The molecule has 0 unspecified atom stereocenters. The number of carbonyl (C=O) groups is 1. The first-order valence-electron chi connectivity index (χ1n) is 4.80. The van der Waals surface area contributed by atoms with E-state index >= 15 is 0 Å². The fourth-order valence-electron chi connectivity index (χ4n) is 2.04. The van der Waals surface area contributed by atoms with Gasteiger partial charge in [0.15, 0.2) is 0 Å². The van der Waals surface area contributed by atoms with Gasteiger partial charge in [-0.1, -0.05) is 6.92 Å². The van der Waals surface area contributed by atoms with Crippen molar-refractivity contribution in [2.75, 3.05) is 0 Å². The lowest BCUT2D eigenvalue weighted by atomic mass is 9.82. The molecule has 74 valence electrons. The van der Waals surface area contributed by atoms with Crippen LogP contribution in [0.25, 0.3) is 0 Å². The molecule has 2 atom stereocenters. The van der Waals surface area contributed by atoms with Crippen LogP contribution in [0.4, 0.5) is 0 Å². The molecule has 0 aliphatic heterocycles. The van der Waals surface area contributed by atoms with Crippen LogP contribution in [-0.4, -0.2) is 16.7 Å². The van der Waals surface area contributed by atoms with E-state index in [0.717, 1.165) is 12.8 Å². The number of carbonyl (C=O) groups excluding carboxylic acids is 1. The molecule has 0 aromatic carbocycles. The summed E-state index contributed by atoms with van der Waals surface area (Å²) in [6.07, 6.45) is 3.23. The van der Waals surface area contributed by atoms with Crippen LogP contribution in [0.1, 0.15) is 39.0 Å². The van der Waals surface area contributed by atoms with E-state index in [0.29, 0.717) is 19.3 Å². The minimum Gasteiger partial charge on any atom is -0.300 e. The molecule has 0 saturated heterocycles. The van der Waals surface area contributed by atoms with Crippen molar-refractivity contribution in [2.24, 2.45) is 5.92 Å². The average molecular weight is 185 g/mol. The summed E-state index contributed by atoms with van der Waals surface area (Å²) in [5, 5.41) is 10.6. The Morgan fingerprint density at radius 3 is 2.85 bits per heavy atom. The molecule has 0 amide bonds. The minimum atomic E-state index is -0.510. The second-order valence-corrected chi connectivity index (χ2v) is 3.66. The summed E-state index contributed by atoms with van der Waals surface area (Å²) in [7, 11) is 0. The Hall–Kier alpha value is -0.930. The zero-order chi connectivity index (χ0) is 9.84. The largest absolute Gasteiger partial charge is 0.300 e. The monoisotopic (exact) mass is 185 g/mol. The van der Waals surface area contributed by atoms with Crippen LogP contribution in [0.2, 0.25) is 0 Å². The van der Waals surface area contributed by atoms with Crippen LogP contribution >= 0.6 is 0 Å². The molecular weight excluding hydrogens is 170 g/mol. The smallest absolute Gasteiger partial charge is 0.216 e. The third kappa shape index (κ3) is 2.50. The summed E-state index contributed by atoms with van der Waals surface area (Å²) in [4.78, 5) is 21.5. The second kappa shape index (κ2) is 4.35. The Morgan fingerprint density at radius 2 is 2.38 bits per heavy atom. The predicted octanol–water partition coefficient (Wildman–Crippen LogP) is 1.80. The Morgan fingerprint density at radius 1 is 1.69 bits per heavy atom.